The summed E-state index contributed by atoms with van der Waals surface area (Å²) in [6, 6.07) is -1.49. The van der Waals surface area contributed by atoms with E-state index in [-0.39, 0.29) is 26.2 Å². The second kappa shape index (κ2) is 34.3. The fourth-order valence-electron chi connectivity index (χ4n) is 5.91. The molecule has 0 bridgehead atoms. The van der Waals surface area contributed by atoms with E-state index in [2.05, 4.69) is 20.1 Å². The largest absolute Gasteiger partial charge is 0.468 e. The first-order valence-corrected chi connectivity index (χ1v) is 23.9. The minimum Gasteiger partial charge on any atom is -0.468 e. The summed E-state index contributed by atoms with van der Waals surface area (Å²) in [4.78, 5) is 213. The molecule has 0 saturated heterocycles. The van der Waals surface area contributed by atoms with Gasteiger partial charge in [-0.25, -0.2) is 0 Å². The number of methoxy groups -OCH3 is 2. The standard InChI is InChI=1S/C46H77N15O18/c1-50(18-34(65)52(3)20-36(67)54(5)22-38(69)56(7)24-40(71)58(9)26-42(73)60(11)28-44(75)78-13)32(63)16-48-31(62)15-30(47)46(77)49-17-33(64)51(2)19-35(66)53(4)21-37(68)55(6)23-39(70)57(8)25-41(72)59(10)27-43(74)61(12)29-45(76)79-14/h30H,15-29,47H2,1-14H3,(H,48,62)(H,49,77)/t30-/m0/s1. The van der Waals surface area contributed by atoms with Crippen LogP contribution in [0.3, 0.4) is 0 Å². The first kappa shape index (κ1) is 70.5. The second-order valence-electron chi connectivity index (χ2n) is 18.5. The van der Waals surface area contributed by atoms with Gasteiger partial charge in [0.05, 0.1) is 105 Å². The zero-order valence-corrected chi connectivity index (χ0v) is 47.5. The Morgan fingerprint density at radius 3 is 0.684 bits per heavy atom. The molecule has 0 saturated carbocycles. The van der Waals surface area contributed by atoms with E-state index in [4.69, 9.17) is 5.73 Å². The number of carbonyl (C=O) groups excluding carboxylic acids is 16. The third-order valence-corrected chi connectivity index (χ3v) is 11.6. The van der Waals surface area contributed by atoms with Crippen molar-refractivity contribution in [3.8, 4) is 0 Å². The molecule has 0 radical (unpaired) electrons. The van der Waals surface area contributed by atoms with Crippen LogP contribution in [0.25, 0.3) is 0 Å². The summed E-state index contributed by atoms with van der Waals surface area (Å²) in [6.07, 6.45) is -0.626. The van der Waals surface area contributed by atoms with Gasteiger partial charge in [-0.2, -0.15) is 0 Å². The van der Waals surface area contributed by atoms with E-state index in [0.29, 0.717) is 0 Å². The van der Waals surface area contributed by atoms with E-state index in [1.54, 1.807) is 0 Å². The molecule has 0 aliphatic carbocycles. The Balaban J connectivity index is 4.82. The highest BCUT2D eigenvalue weighted by molar-refractivity contribution is 5.96. The molecule has 4 N–H and O–H groups in total. The average molecular weight is 1130 g/mol. The van der Waals surface area contributed by atoms with Crippen LogP contribution in [0.1, 0.15) is 6.42 Å². The van der Waals surface area contributed by atoms with E-state index in [1.165, 1.54) is 84.6 Å². The van der Waals surface area contributed by atoms with Gasteiger partial charge >= 0.3 is 11.9 Å². The highest BCUT2D eigenvalue weighted by atomic mass is 16.5. The molecule has 0 aliphatic rings. The number of nitrogens with zero attached hydrogens (tertiary/aromatic N) is 12. The maximum atomic E-state index is 12.9. The zero-order chi connectivity index (χ0) is 61.2. The van der Waals surface area contributed by atoms with E-state index in [9.17, 15) is 76.7 Å². The third kappa shape index (κ3) is 26.4. The normalized spacial score (nSPS) is 10.7. The average Bonchev–Trinajstić information content (AvgIpc) is 3.38. The predicted molar refractivity (Wildman–Crippen MR) is 274 cm³/mol. The molecule has 0 aromatic heterocycles. The van der Waals surface area contributed by atoms with E-state index >= 15 is 0 Å². The van der Waals surface area contributed by atoms with Gasteiger partial charge in [0.15, 0.2) is 0 Å². The number of likely N-dealkylation sites (N-methyl/N-ethyl adjacent to an activating group) is 12. The molecule has 0 aromatic rings. The van der Waals surface area contributed by atoms with Crippen LogP contribution >= 0.6 is 0 Å². The van der Waals surface area contributed by atoms with Crippen molar-refractivity contribution in [3.05, 3.63) is 0 Å². The minimum atomic E-state index is -1.49. The van der Waals surface area contributed by atoms with Gasteiger partial charge in [-0.3, -0.25) is 76.7 Å². The van der Waals surface area contributed by atoms with Crippen molar-refractivity contribution in [1.29, 1.82) is 0 Å². The number of hydrogen-bond acceptors (Lipinski definition) is 19. The number of carbonyl (C=O) groups is 16. The molecule has 0 fully saturated rings. The number of esters is 2. The fraction of sp³-hybridized carbons (Fsp3) is 0.652. The Kier molecular flexibility index (Phi) is 30.6. The van der Waals surface area contributed by atoms with Gasteiger partial charge in [0, 0.05) is 84.6 Å². The lowest BCUT2D eigenvalue weighted by Crippen LogP contribution is -2.50. The van der Waals surface area contributed by atoms with E-state index < -0.39 is 173 Å². The van der Waals surface area contributed by atoms with Crippen LogP contribution in [-0.4, -0.2) is 350 Å². The summed E-state index contributed by atoms with van der Waals surface area (Å²) in [7, 11) is 18.0. The van der Waals surface area contributed by atoms with Gasteiger partial charge in [-0.1, -0.05) is 0 Å². The van der Waals surface area contributed by atoms with Crippen molar-refractivity contribution in [2.45, 2.75) is 12.5 Å². The Labute approximate surface area is 458 Å². The molecule has 0 spiro atoms. The van der Waals surface area contributed by atoms with Gasteiger partial charge in [0.25, 0.3) is 0 Å². The maximum Gasteiger partial charge on any atom is 0.325 e. The molecule has 33 heteroatoms. The summed E-state index contributed by atoms with van der Waals surface area (Å²) < 4.78 is 9.02. The molecule has 444 valence electrons. The summed E-state index contributed by atoms with van der Waals surface area (Å²) in [6.45, 7) is -6.56. The molecule has 0 aliphatic heterocycles. The van der Waals surface area contributed by atoms with Gasteiger partial charge in [-0.05, 0) is 0 Å². The molecule has 0 unspecified atom stereocenters. The number of rotatable bonds is 31. The van der Waals surface area contributed by atoms with Crippen LogP contribution in [-0.2, 0) is 86.2 Å². The number of nitrogens with two attached hydrogens (primary N) is 1. The van der Waals surface area contributed by atoms with Crippen molar-refractivity contribution in [3.63, 3.8) is 0 Å². The first-order chi connectivity index (χ1) is 36.6. The lowest BCUT2D eigenvalue weighted by Gasteiger charge is -2.26. The summed E-state index contributed by atoms with van der Waals surface area (Å²) >= 11 is 0. The monoisotopic (exact) mass is 1130 g/mol. The van der Waals surface area contributed by atoms with Gasteiger partial charge in [-0.15, -0.1) is 0 Å². The van der Waals surface area contributed by atoms with E-state index in [1.807, 2.05) is 0 Å². The zero-order valence-electron chi connectivity index (χ0n) is 47.5. The number of nitrogens with one attached hydrogen (secondary N) is 2. The minimum absolute atomic E-state index is 0.325. The molecule has 0 aromatic carbocycles. The van der Waals surface area contributed by atoms with Crippen molar-refractivity contribution >= 4 is 94.6 Å². The molecule has 0 heterocycles. The van der Waals surface area contributed by atoms with Crippen molar-refractivity contribution in [2.24, 2.45) is 5.73 Å². The summed E-state index contributed by atoms with van der Waals surface area (Å²) in [5.41, 5.74) is 5.83. The Morgan fingerprint density at radius 1 is 0.304 bits per heavy atom. The van der Waals surface area contributed by atoms with Crippen LogP contribution < -0.4 is 16.4 Å². The van der Waals surface area contributed by atoms with Crippen LogP contribution in [0.2, 0.25) is 0 Å². The Hall–Kier alpha value is -8.52. The first-order valence-electron chi connectivity index (χ1n) is 23.9. The van der Waals surface area contributed by atoms with Gasteiger partial charge in [0.2, 0.25) is 82.7 Å². The van der Waals surface area contributed by atoms with Gasteiger partial charge in [0.1, 0.15) is 13.1 Å². The summed E-state index contributed by atoms with van der Waals surface area (Å²) in [5, 5.41) is 4.52. The number of amides is 14. The van der Waals surface area contributed by atoms with Crippen molar-refractivity contribution < 1.29 is 86.2 Å². The lowest BCUT2D eigenvalue weighted by molar-refractivity contribution is -0.148. The van der Waals surface area contributed by atoms with Gasteiger partial charge < -0.3 is 84.6 Å². The van der Waals surface area contributed by atoms with Crippen LogP contribution in [0, 0.1) is 0 Å². The quantitative estimate of drug-likeness (QED) is 0.0543. The van der Waals surface area contributed by atoms with Crippen LogP contribution in [0.15, 0.2) is 0 Å². The number of hydrogen-bond donors (Lipinski definition) is 3. The smallest absolute Gasteiger partial charge is 0.325 e. The topological polar surface area (TPSA) is 381 Å². The molecule has 0 rings (SSSR count). The Morgan fingerprint density at radius 2 is 0.481 bits per heavy atom. The number of ether oxygens (including phenoxy) is 2. The fourth-order valence-corrected chi connectivity index (χ4v) is 5.91. The van der Waals surface area contributed by atoms with Crippen molar-refractivity contribution in [1.82, 2.24) is 69.4 Å². The van der Waals surface area contributed by atoms with Crippen LogP contribution in [0.4, 0.5) is 0 Å². The molecule has 79 heavy (non-hydrogen) atoms. The molecular formula is C46H77N15O18. The maximum absolute atomic E-state index is 12.9. The molecule has 14 amide bonds. The molecule has 33 nitrogen and oxygen atoms in total. The lowest BCUT2D eigenvalue weighted by atomic mass is 10.2. The Bertz CT molecular complexity index is 2280. The van der Waals surface area contributed by atoms with Crippen molar-refractivity contribution in [2.75, 3.05) is 190 Å². The van der Waals surface area contributed by atoms with Crippen LogP contribution in [0.5, 0.6) is 0 Å². The molecular weight excluding hydrogens is 1050 g/mol. The highest BCUT2D eigenvalue weighted by Crippen LogP contribution is 2.02. The second-order valence-corrected chi connectivity index (χ2v) is 18.5. The molecule has 1 atom stereocenters. The van der Waals surface area contributed by atoms with E-state index in [0.717, 1.165) is 73.0 Å². The SMILES string of the molecule is COC(=O)CN(C)C(=O)CN(C)C(=O)CN(C)C(=O)CN(C)C(=O)CN(C)C(=O)CN(C)C(=O)CNC(=O)C[C@H](N)C(=O)NCC(=O)N(C)CC(=O)N(C)CC(=O)N(C)CC(=O)N(C)CC(=O)N(C)CC(=O)N(C)CC(=O)OC. The summed E-state index contributed by atoms with van der Waals surface area (Å²) in [5.74, 6) is -10.9. The highest BCUT2D eigenvalue weighted by Gasteiger charge is 2.28. The third-order valence-electron chi connectivity index (χ3n) is 11.6. The predicted octanol–water partition coefficient (Wildman–Crippen LogP) is -9.22.